The van der Waals surface area contributed by atoms with Crippen LogP contribution in [0.4, 0.5) is 0 Å². The molecule has 1 aliphatic heterocycles. The first-order chi connectivity index (χ1) is 7.61. The molecular formula is C12H15NO2S. The molecule has 1 aromatic carbocycles. The molecule has 0 spiro atoms. The van der Waals surface area contributed by atoms with Gasteiger partial charge in [-0.2, -0.15) is 0 Å². The topological polar surface area (TPSA) is 38.3 Å². The molecule has 1 aliphatic rings. The first-order valence-electron chi connectivity index (χ1n) is 5.27. The van der Waals surface area contributed by atoms with Crippen LogP contribution in [-0.2, 0) is 0 Å². The summed E-state index contributed by atoms with van der Waals surface area (Å²) in [5, 5.41) is 3.36. The van der Waals surface area contributed by atoms with Crippen molar-refractivity contribution in [1.29, 1.82) is 0 Å². The maximum absolute atomic E-state index is 11.9. The van der Waals surface area contributed by atoms with E-state index in [1.807, 2.05) is 19.1 Å². The first-order valence-corrected chi connectivity index (χ1v) is 6.15. The molecule has 0 fully saturated rings. The fourth-order valence-corrected chi connectivity index (χ4v) is 2.72. The second-order valence-electron chi connectivity index (χ2n) is 3.95. The van der Waals surface area contributed by atoms with E-state index in [0.717, 1.165) is 10.6 Å². The minimum absolute atomic E-state index is 0.0155. The number of carbonyl (C=O) groups excluding carboxylic acids is 1. The van der Waals surface area contributed by atoms with E-state index < -0.39 is 0 Å². The molecule has 0 saturated heterocycles. The van der Waals surface area contributed by atoms with E-state index in [9.17, 15) is 4.79 Å². The molecule has 0 saturated carbocycles. The molecule has 0 bridgehead atoms. The van der Waals surface area contributed by atoms with Crippen molar-refractivity contribution in [3.8, 4) is 5.75 Å². The van der Waals surface area contributed by atoms with Crippen LogP contribution in [0.1, 0.15) is 24.2 Å². The summed E-state index contributed by atoms with van der Waals surface area (Å²) in [5.41, 5.74) is 0.709. The quantitative estimate of drug-likeness (QED) is 0.814. The van der Waals surface area contributed by atoms with Crippen LogP contribution in [0.15, 0.2) is 23.1 Å². The van der Waals surface area contributed by atoms with Crippen molar-refractivity contribution in [2.45, 2.75) is 30.0 Å². The summed E-state index contributed by atoms with van der Waals surface area (Å²) in [5.74, 6) is 0.704. The molecule has 1 amide bonds. The van der Waals surface area contributed by atoms with Crippen molar-refractivity contribution in [2.75, 3.05) is 7.11 Å². The second kappa shape index (κ2) is 4.37. The van der Waals surface area contributed by atoms with Crippen LogP contribution in [0.5, 0.6) is 5.75 Å². The Labute approximate surface area is 99.6 Å². The van der Waals surface area contributed by atoms with Crippen molar-refractivity contribution in [2.24, 2.45) is 0 Å². The highest BCUT2D eigenvalue weighted by Gasteiger charge is 2.24. The van der Waals surface area contributed by atoms with Gasteiger partial charge < -0.3 is 10.1 Å². The fourth-order valence-electron chi connectivity index (χ4n) is 1.62. The number of thioether (sulfide) groups is 1. The third kappa shape index (κ3) is 2.02. The molecule has 1 N–H and O–H groups in total. The van der Waals surface area contributed by atoms with Crippen LogP contribution in [0.2, 0.25) is 0 Å². The first kappa shape index (κ1) is 11.3. The molecule has 4 heteroatoms. The van der Waals surface area contributed by atoms with Gasteiger partial charge >= 0.3 is 0 Å². The van der Waals surface area contributed by atoms with Crippen LogP contribution in [0.3, 0.4) is 0 Å². The van der Waals surface area contributed by atoms with Gasteiger partial charge in [-0.1, -0.05) is 6.92 Å². The standard InChI is InChI=1S/C12H15NO2S/c1-7-8(2)16-11-5-4-9(15-3)6-10(11)12(14)13-7/h4-8H,1-3H3,(H,13,14)/t7-,8-/m1/s1. The normalized spacial score (nSPS) is 24.3. The van der Waals surface area contributed by atoms with Gasteiger partial charge in [-0.15, -0.1) is 11.8 Å². The van der Waals surface area contributed by atoms with Gasteiger partial charge in [-0.3, -0.25) is 4.79 Å². The summed E-state index contributed by atoms with van der Waals surface area (Å²) in [6, 6.07) is 5.81. The molecule has 16 heavy (non-hydrogen) atoms. The molecule has 2 atom stereocenters. The van der Waals surface area contributed by atoms with E-state index >= 15 is 0 Å². The Morgan fingerprint density at radius 3 is 2.81 bits per heavy atom. The van der Waals surface area contributed by atoms with E-state index in [1.54, 1.807) is 24.9 Å². The third-order valence-electron chi connectivity index (χ3n) is 2.81. The average molecular weight is 237 g/mol. The van der Waals surface area contributed by atoms with Gasteiger partial charge in [0, 0.05) is 16.2 Å². The van der Waals surface area contributed by atoms with E-state index in [0.29, 0.717) is 10.8 Å². The molecule has 1 aromatic rings. The zero-order valence-corrected chi connectivity index (χ0v) is 10.4. The van der Waals surface area contributed by atoms with E-state index in [1.165, 1.54) is 0 Å². The minimum atomic E-state index is -0.0155. The minimum Gasteiger partial charge on any atom is -0.497 e. The number of fused-ring (bicyclic) bond motifs is 1. The van der Waals surface area contributed by atoms with Crippen LogP contribution in [0.25, 0.3) is 0 Å². The summed E-state index contributed by atoms with van der Waals surface area (Å²) in [4.78, 5) is 13.0. The molecule has 0 aromatic heterocycles. The number of ether oxygens (including phenoxy) is 1. The van der Waals surface area contributed by atoms with Crippen molar-refractivity contribution in [3.05, 3.63) is 23.8 Å². The van der Waals surface area contributed by atoms with E-state index in [2.05, 4.69) is 12.2 Å². The average Bonchev–Trinajstić information content (AvgIpc) is 2.38. The molecule has 0 radical (unpaired) electrons. The van der Waals surface area contributed by atoms with Gasteiger partial charge in [0.2, 0.25) is 0 Å². The lowest BCUT2D eigenvalue weighted by molar-refractivity contribution is 0.0938. The smallest absolute Gasteiger partial charge is 0.252 e. The Morgan fingerprint density at radius 2 is 2.12 bits per heavy atom. The number of nitrogens with one attached hydrogen (secondary N) is 1. The van der Waals surface area contributed by atoms with Crippen molar-refractivity contribution >= 4 is 17.7 Å². The van der Waals surface area contributed by atoms with Gasteiger partial charge in [0.15, 0.2) is 0 Å². The van der Waals surface area contributed by atoms with E-state index in [-0.39, 0.29) is 11.9 Å². The van der Waals surface area contributed by atoms with Crippen molar-refractivity contribution in [3.63, 3.8) is 0 Å². The zero-order chi connectivity index (χ0) is 11.7. The molecule has 0 unspecified atom stereocenters. The molecular weight excluding hydrogens is 222 g/mol. The van der Waals surface area contributed by atoms with Crippen LogP contribution < -0.4 is 10.1 Å². The highest BCUT2D eigenvalue weighted by atomic mass is 32.2. The summed E-state index contributed by atoms with van der Waals surface area (Å²) < 4.78 is 5.13. The van der Waals surface area contributed by atoms with Gasteiger partial charge in [-0.05, 0) is 25.1 Å². The lowest BCUT2D eigenvalue weighted by atomic mass is 10.2. The lowest BCUT2D eigenvalue weighted by Gasteiger charge is -2.15. The number of rotatable bonds is 1. The molecule has 2 rings (SSSR count). The Kier molecular flexibility index (Phi) is 3.10. The Hall–Kier alpha value is -1.16. The zero-order valence-electron chi connectivity index (χ0n) is 9.61. The number of benzene rings is 1. The lowest BCUT2D eigenvalue weighted by Crippen LogP contribution is -2.36. The number of hydrogen-bond acceptors (Lipinski definition) is 3. The summed E-state index contributed by atoms with van der Waals surface area (Å²) in [7, 11) is 1.61. The molecule has 86 valence electrons. The maximum Gasteiger partial charge on any atom is 0.252 e. The van der Waals surface area contributed by atoms with Crippen LogP contribution >= 0.6 is 11.8 Å². The van der Waals surface area contributed by atoms with Gasteiger partial charge in [0.25, 0.3) is 5.91 Å². The second-order valence-corrected chi connectivity index (χ2v) is 5.37. The fraction of sp³-hybridized carbons (Fsp3) is 0.417. The van der Waals surface area contributed by atoms with E-state index in [4.69, 9.17) is 4.74 Å². The summed E-state index contributed by atoms with van der Waals surface area (Å²) in [6.45, 7) is 4.15. The third-order valence-corrected chi connectivity index (χ3v) is 4.20. The number of carbonyl (C=O) groups is 1. The summed E-state index contributed by atoms with van der Waals surface area (Å²) in [6.07, 6.45) is 0. The highest BCUT2D eigenvalue weighted by Crippen LogP contribution is 2.33. The van der Waals surface area contributed by atoms with Gasteiger partial charge in [0.1, 0.15) is 5.75 Å². The molecule has 0 aliphatic carbocycles. The van der Waals surface area contributed by atoms with Gasteiger partial charge in [0.05, 0.1) is 12.7 Å². The number of amides is 1. The van der Waals surface area contributed by atoms with Crippen LogP contribution in [0, 0.1) is 0 Å². The largest absolute Gasteiger partial charge is 0.497 e. The monoisotopic (exact) mass is 237 g/mol. The Balaban J connectivity index is 2.43. The Morgan fingerprint density at radius 1 is 1.38 bits per heavy atom. The predicted molar refractivity (Wildman–Crippen MR) is 65.2 cm³/mol. The predicted octanol–water partition coefficient (Wildman–Crippen LogP) is 2.31. The number of hydrogen-bond donors (Lipinski definition) is 1. The maximum atomic E-state index is 11.9. The Bertz CT molecular complexity index is 419. The summed E-state index contributed by atoms with van der Waals surface area (Å²) >= 11 is 1.72. The van der Waals surface area contributed by atoms with Gasteiger partial charge in [-0.25, -0.2) is 0 Å². The van der Waals surface area contributed by atoms with Crippen LogP contribution in [-0.4, -0.2) is 24.3 Å². The SMILES string of the molecule is COc1ccc2c(c1)C(=O)N[C@H](C)[C@@H](C)S2. The number of methoxy groups -OCH3 is 1. The molecule has 1 heterocycles. The van der Waals surface area contributed by atoms with Crippen molar-refractivity contribution < 1.29 is 9.53 Å². The molecule has 3 nitrogen and oxygen atoms in total. The highest BCUT2D eigenvalue weighted by molar-refractivity contribution is 8.00. The van der Waals surface area contributed by atoms with Crippen molar-refractivity contribution in [1.82, 2.24) is 5.32 Å².